The summed E-state index contributed by atoms with van der Waals surface area (Å²) in [6, 6.07) is 9.79. The number of methoxy groups -OCH3 is 1. The van der Waals surface area contributed by atoms with Crippen LogP contribution in [0.15, 0.2) is 30.3 Å². The first kappa shape index (κ1) is 13.1. The average Bonchev–Trinajstić information content (AvgIpc) is 2.76. The topological polar surface area (TPSA) is 29.5 Å². The lowest BCUT2D eigenvalue weighted by Crippen LogP contribution is -2.22. The SMILES string of the molecule is COc1ccc(C(C)(O)c2ccc(C)s2)c(C)c1. The Bertz CT molecular complexity index is 555. The predicted molar refractivity (Wildman–Crippen MR) is 75.5 cm³/mol. The average molecular weight is 262 g/mol. The number of aryl methyl sites for hydroxylation is 2. The van der Waals surface area contributed by atoms with Gasteiger partial charge in [-0.3, -0.25) is 0 Å². The molecule has 0 aliphatic rings. The third-order valence-electron chi connectivity index (χ3n) is 3.18. The van der Waals surface area contributed by atoms with E-state index in [-0.39, 0.29) is 0 Å². The third kappa shape index (κ3) is 2.28. The summed E-state index contributed by atoms with van der Waals surface area (Å²) in [5.74, 6) is 0.814. The van der Waals surface area contributed by atoms with Crippen molar-refractivity contribution >= 4 is 11.3 Å². The van der Waals surface area contributed by atoms with E-state index < -0.39 is 5.60 Å². The lowest BCUT2D eigenvalue weighted by Gasteiger charge is -2.25. The molecule has 0 spiro atoms. The number of aliphatic hydroxyl groups is 1. The van der Waals surface area contributed by atoms with E-state index in [1.165, 1.54) is 4.88 Å². The summed E-state index contributed by atoms with van der Waals surface area (Å²) < 4.78 is 5.19. The number of rotatable bonds is 3. The van der Waals surface area contributed by atoms with Crippen LogP contribution in [0.4, 0.5) is 0 Å². The van der Waals surface area contributed by atoms with Crippen LogP contribution in [-0.2, 0) is 5.60 Å². The van der Waals surface area contributed by atoms with Crippen LogP contribution in [0.25, 0.3) is 0 Å². The zero-order chi connectivity index (χ0) is 13.3. The van der Waals surface area contributed by atoms with Gasteiger partial charge in [0.2, 0.25) is 0 Å². The molecule has 1 aromatic carbocycles. The fourth-order valence-corrected chi connectivity index (χ4v) is 3.07. The lowest BCUT2D eigenvalue weighted by atomic mass is 9.90. The molecule has 0 saturated heterocycles. The highest BCUT2D eigenvalue weighted by molar-refractivity contribution is 7.12. The molecule has 1 unspecified atom stereocenters. The number of hydrogen-bond acceptors (Lipinski definition) is 3. The largest absolute Gasteiger partial charge is 0.497 e. The highest BCUT2D eigenvalue weighted by atomic mass is 32.1. The Balaban J connectivity index is 2.47. The maximum absolute atomic E-state index is 10.8. The van der Waals surface area contributed by atoms with Crippen molar-refractivity contribution in [3.8, 4) is 5.75 Å². The van der Waals surface area contributed by atoms with E-state index in [2.05, 4.69) is 0 Å². The van der Waals surface area contributed by atoms with Gasteiger partial charge in [-0.25, -0.2) is 0 Å². The van der Waals surface area contributed by atoms with E-state index in [4.69, 9.17) is 4.74 Å². The molecule has 2 rings (SSSR count). The molecule has 0 amide bonds. The first-order valence-corrected chi connectivity index (χ1v) is 6.71. The molecule has 1 atom stereocenters. The molecule has 18 heavy (non-hydrogen) atoms. The maximum atomic E-state index is 10.8. The Morgan fingerprint density at radius 1 is 1.17 bits per heavy atom. The molecule has 2 aromatic rings. The zero-order valence-electron chi connectivity index (χ0n) is 11.2. The van der Waals surface area contributed by atoms with E-state index in [0.717, 1.165) is 21.8 Å². The number of ether oxygens (including phenoxy) is 1. The van der Waals surface area contributed by atoms with Crippen LogP contribution in [0.3, 0.4) is 0 Å². The van der Waals surface area contributed by atoms with Gasteiger partial charge in [-0.05, 0) is 56.2 Å². The van der Waals surface area contributed by atoms with Gasteiger partial charge in [0.05, 0.1) is 7.11 Å². The monoisotopic (exact) mass is 262 g/mol. The van der Waals surface area contributed by atoms with Crippen molar-refractivity contribution in [3.05, 3.63) is 51.2 Å². The summed E-state index contributed by atoms with van der Waals surface area (Å²) in [7, 11) is 1.65. The number of thiophene rings is 1. The van der Waals surface area contributed by atoms with E-state index in [0.29, 0.717) is 0 Å². The van der Waals surface area contributed by atoms with Crippen LogP contribution in [0.2, 0.25) is 0 Å². The molecule has 0 radical (unpaired) electrons. The maximum Gasteiger partial charge on any atom is 0.121 e. The van der Waals surface area contributed by atoms with Gasteiger partial charge in [0.15, 0.2) is 0 Å². The molecule has 1 aromatic heterocycles. The van der Waals surface area contributed by atoms with Gasteiger partial charge < -0.3 is 9.84 Å². The van der Waals surface area contributed by atoms with Crippen LogP contribution in [0.1, 0.15) is 27.8 Å². The van der Waals surface area contributed by atoms with Crippen molar-refractivity contribution in [3.63, 3.8) is 0 Å². The normalized spacial score (nSPS) is 14.3. The minimum atomic E-state index is -0.949. The zero-order valence-corrected chi connectivity index (χ0v) is 12.0. The summed E-state index contributed by atoms with van der Waals surface area (Å²) in [6.45, 7) is 5.88. The first-order chi connectivity index (χ1) is 8.45. The molecule has 96 valence electrons. The highest BCUT2D eigenvalue weighted by Crippen LogP contribution is 2.36. The molecule has 0 saturated carbocycles. The highest BCUT2D eigenvalue weighted by Gasteiger charge is 2.28. The van der Waals surface area contributed by atoms with Crippen LogP contribution in [-0.4, -0.2) is 12.2 Å². The van der Waals surface area contributed by atoms with Crippen molar-refractivity contribution < 1.29 is 9.84 Å². The van der Waals surface area contributed by atoms with Gasteiger partial charge in [0, 0.05) is 9.75 Å². The molecular weight excluding hydrogens is 244 g/mol. The molecule has 0 bridgehead atoms. The van der Waals surface area contributed by atoms with E-state index >= 15 is 0 Å². The smallest absolute Gasteiger partial charge is 0.121 e. The molecule has 0 aliphatic heterocycles. The molecule has 0 aliphatic carbocycles. The second-order valence-corrected chi connectivity index (χ2v) is 5.95. The summed E-state index contributed by atoms with van der Waals surface area (Å²) in [6.07, 6.45) is 0. The van der Waals surface area contributed by atoms with Gasteiger partial charge in [-0.15, -0.1) is 11.3 Å². The van der Waals surface area contributed by atoms with Gasteiger partial charge >= 0.3 is 0 Å². The van der Waals surface area contributed by atoms with Crippen molar-refractivity contribution in [2.45, 2.75) is 26.4 Å². The summed E-state index contributed by atoms with van der Waals surface area (Å²) >= 11 is 1.63. The molecular formula is C15H18O2S. The van der Waals surface area contributed by atoms with E-state index in [9.17, 15) is 5.11 Å². The molecule has 1 N–H and O–H groups in total. The third-order valence-corrected chi connectivity index (χ3v) is 4.39. The van der Waals surface area contributed by atoms with Crippen molar-refractivity contribution in [1.82, 2.24) is 0 Å². The van der Waals surface area contributed by atoms with Crippen LogP contribution in [0.5, 0.6) is 5.75 Å². The van der Waals surface area contributed by atoms with Crippen LogP contribution >= 0.6 is 11.3 Å². The lowest BCUT2D eigenvalue weighted by molar-refractivity contribution is 0.105. The predicted octanol–water partition coefficient (Wildman–Crippen LogP) is 3.63. The Labute approximate surface area is 112 Å². The van der Waals surface area contributed by atoms with Gasteiger partial charge in [-0.1, -0.05) is 6.07 Å². The van der Waals surface area contributed by atoms with Gasteiger partial charge in [-0.2, -0.15) is 0 Å². The second-order valence-electron chi connectivity index (χ2n) is 4.66. The Morgan fingerprint density at radius 3 is 2.39 bits per heavy atom. The Morgan fingerprint density at radius 2 is 1.89 bits per heavy atom. The van der Waals surface area contributed by atoms with Gasteiger partial charge in [0.1, 0.15) is 11.4 Å². The summed E-state index contributed by atoms with van der Waals surface area (Å²) in [5.41, 5.74) is 1.01. The summed E-state index contributed by atoms with van der Waals surface area (Å²) in [5, 5.41) is 10.8. The number of hydrogen-bond donors (Lipinski definition) is 1. The standard InChI is InChI=1S/C15H18O2S/c1-10-9-12(17-4)6-7-13(10)15(3,16)14-8-5-11(2)18-14/h5-9,16H,1-4H3. The Hall–Kier alpha value is -1.32. The van der Waals surface area contributed by atoms with E-state index in [1.54, 1.807) is 18.4 Å². The van der Waals surface area contributed by atoms with E-state index in [1.807, 2.05) is 51.1 Å². The summed E-state index contributed by atoms with van der Waals surface area (Å²) in [4.78, 5) is 2.17. The second kappa shape index (κ2) is 4.75. The van der Waals surface area contributed by atoms with Crippen molar-refractivity contribution in [2.24, 2.45) is 0 Å². The van der Waals surface area contributed by atoms with Crippen LogP contribution in [0, 0.1) is 13.8 Å². The van der Waals surface area contributed by atoms with Crippen molar-refractivity contribution in [1.29, 1.82) is 0 Å². The molecule has 2 nitrogen and oxygen atoms in total. The quantitative estimate of drug-likeness (QED) is 0.915. The Kier molecular flexibility index (Phi) is 3.46. The molecule has 3 heteroatoms. The minimum Gasteiger partial charge on any atom is -0.497 e. The molecule has 0 fully saturated rings. The first-order valence-electron chi connectivity index (χ1n) is 5.89. The number of benzene rings is 1. The fraction of sp³-hybridized carbons (Fsp3) is 0.333. The fourth-order valence-electron chi connectivity index (χ4n) is 2.14. The van der Waals surface area contributed by atoms with Gasteiger partial charge in [0.25, 0.3) is 0 Å². The van der Waals surface area contributed by atoms with Crippen LogP contribution < -0.4 is 4.74 Å². The minimum absolute atomic E-state index is 0.814. The molecule has 1 heterocycles. The van der Waals surface area contributed by atoms with Crippen molar-refractivity contribution in [2.75, 3.05) is 7.11 Å².